The minimum Gasteiger partial charge on any atom is -0.507 e. The van der Waals surface area contributed by atoms with E-state index in [0.29, 0.717) is 51.9 Å². The molecule has 1 heterocycles. The van der Waals surface area contributed by atoms with E-state index in [9.17, 15) is 10.2 Å². The molecule has 68 heavy (non-hydrogen) atoms. The Morgan fingerprint density at radius 2 is 0.765 bits per heavy atom. The SMILES string of the molecule is COc1ccc(-c2nc(-c3ccc(OC(O[Si](C)(C)C)(O[Si](C)(C)C)C(C[SiH3])O[Si](C)(C)C)cc3O)nc(-c3ccc(OC(O[Si](C)(C)C)(O[Si](C)(C)C)C(C[SiH3])O[Si](C)(C)C)cc3O)n2)cc1. The molecular weight excluding hydrogens is 995 g/mol. The smallest absolute Gasteiger partial charge is 0.334 e. The lowest BCUT2D eigenvalue weighted by molar-refractivity contribution is -0.304. The van der Waals surface area contributed by atoms with Crippen LogP contribution in [0.25, 0.3) is 34.2 Å². The highest BCUT2D eigenvalue weighted by Gasteiger charge is 2.53. The predicted molar refractivity (Wildman–Crippen MR) is 296 cm³/mol. The van der Waals surface area contributed by atoms with Gasteiger partial charge in [-0.05, 0) is 178 Å². The van der Waals surface area contributed by atoms with Crippen molar-refractivity contribution in [2.24, 2.45) is 0 Å². The van der Waals surface area contributed by atoms with Gasteiger partial charge < -0.3 is 51.0 Å². The summed E-state index contributed by atoms with van der Waals surface area (Å²) in [5.74, 6) is -1.42. The van der Waals surface area contributed by atoms with Crippen molar-refractivity contribution < 1.29 is 51.0 Å². The maximum absolute atomic E-state index is 11.9. The molecular formula is C46H81N3O11Si8. The number of methoxy groups -OCH3 is 1. The molecule has 0 aliphatic heterocycles. The molecule has 378 valence electrons. The minimum absolute atomic E-state index is 0.146. The summed E-state index contributed by atoms with van der Waals surface area (Å²) in [7, 11) is -10.3. The molecule has 4 aromatic rings. The fourth-order valence-corrected chi connectivity index (χ4v) is 16.0. The van der Waals surface area contributed by atoms with Crippen LogP contribution < -0.4 is 14.2 Å². The van der Waals surface area contributed by atoms with Crippen molar-refractivity contribution in [3.63, 3.8) is 0 Å². The Kier molecular flexibility index (Phi) is 18.6. The quantitative estimate of drug-likeness (QED) is 0.0504. The van der Waals surface area contributed by atoms with E-state index in [-0.39, 0.29) is 23.1 Å². The zero-order valence-corrected chi connectivity index (χ0v) is 54.8. The van der Waals surface area contributed by atoms with Gasteiger partial charge in [0.1, 0.15) is 41.0 Å². The second kappa shape index (κ2) is 21.9. The first-order valence-electron chi connectivity index (χ1n) is 23.6. The fraction of sp³-hybridized carbons (Fsp3) is 0.543. The first kappa shape index (κ1) is 57.7. The molecule has 2 unspecified atom stereocenters. The minimum atomic E-state index is -2.33. The molecule has 0 aliphatic carbocycles. The Morgan fingerprint density at radius 3 is 1.03 bits per heavy atom. The summed E-state index contributed by atoms with van der Waals surface area (Å²) in [6, 6.07) is 18.7. The number of ether oxygens (including phenoxy) is 3. The van der Waals surface area contributed by atoms with E-state index in [1.807, 2.05) is 24.3 Å². The number of benzene rings is 3. The van der Waals surface area contributed by atoms with Crippen LogP contribution >= 0.6 is 0 Å². The van der Waals surface area contributed by atoms with Gasteiger partial charge in [-0.1, -0.05) is 0 Å². The molecule has 2 N–H and O–H groups in total. The van der Waals surface area contributed by atoms with Gasteiger partial charge in [0.25, 0.3) is 0 Å². The highest BCUT2D eigenvalue weighted by atomic mass is 28.4. The predicted octanol–water partition coefficient (Wildman–Crippen LogP) is 9.77. The van der Waals surface area contributed by atoms with Crippen molar-refractivity contribution in [2.45, 2.75) is 154 Å². The number of hydrogen-bond donors (Lipinski definition) is 2. The molecule has 0 spiro atoms. The zero-order chi connectivity index (χ0) is 51.5. The normalized spacial score (nSPS) is 14.5. The number of hydrogen-bond acceptors (Lipinski definition) is 14. The summed E-state index contributed by atoms with van der Waals surface area (Å²) >= 11 is 0. The molecule has 3 aromatic carbocycles. The zero-order valence-electron chi connectivity index (χ0n) is 44.8. The van der Waals surface area contributed by atoms with Gasteiger partial charge in [-0.15, -0.1) is 0 Å². The van der Waals surface area contributed by atoms with Gasteiger partial charge in [0.2, 0.25) is 0 Å². The van der Waals surface area contributed by atoms with E-state index in [0.717, 1.165) is 20.5 Å². The standard InChI is InChI=1S/C46H81N3O11Si8/c1-52-33-22-20-32(21-23-33)42-47-43(36-26-24-34(28-38(36)50)53-45(57-65(8,9)10,58-66(11,12)13)40(30-61)55-63(2,3)4)49-44(48-42)37-27-25-35(29-39(37)51)54-46(59-67(14,15)16,60-68(17,18)19)41(31-62)56-64(5,6)7/h20-29,40-41,50-51H,30-31H2,1-19,61-62H3. The molecule has 0 saturated carbocycles. The third-order valence-electron chi connectivity index (χ3n) is 9.24. The fourth-order valence-electron chi connectivity index (χ4n) is 7.23. The average molecular weight is 1080 g/mol. The second-order valence-electron chi connectivity index (χ2n) is 22.9. The van der Waals surface area contributed by atoms with Gasteiger partial charge in [0.15, 0.2) is 67.4 Å². The van der Waals surface area contributed by atoms with Gasteiger partial charge >= 0.3 is 11.9 Å². The van der Waals surface area contributed by atoms with Gasteiger partial charge in [0, 0.05) is 38.2 Å². The first-order chi connectivity index (χ1) is 31.0. The molecule has 22 heteroatoms. The Labute approximate surface area is 418 Å². The van der Waals surface area contributed by atoms with Gasteiger partial charge in [-0.3, -0.25) is 0 Å². The van der Waals surface area contributed by atoms with Crippen LogP contribution in [0.1, 0.15) is 0 Å². The lowest BCUT2D eigenvalue weighted by Crippen LogP contribution is -2.62. The highest BCUT2D eigenvalue weighted by Crippen LogP contribution is 2.41. The van der Waals surface area contributed by atoms with Crippen molar-refractivity contribution in [1.29, 1.82) is 0 Å². The lowest BCUT2D eigenvalue weighted by Gasteiger charge is -2.47. The summed E-state index contributed by atoms with van der Waals surface area (Å²) in [6.45, 7) is 38.0. The Bertz CT molecular complexity index is 2140. The molecule has 0 amide bonds. The number of rotatable bonds is 24. The van der Waals surface area contributed by atoms with Crippen molar-refractivity contribution in [2.75, 3.05) is 7.11 Å². The van der Waals surface area contributed by atoms with Crippen LogP contribution in [-0.2, 0) is 26.6 Å². The van der Waals surface area contributed by atoms with E-state index in [4.69, 9.17) is 55.7 Å². The monoisotopic (exact) mass is 1080 g/mol. The van der Waals surface area contributed by atoms with Crippen LogP contribution in [0.4, 0.5) is 0 Å². The van der Waals surface area contributed by atoms with Crippen molar-refractivity contribution in [1.82, 2.24) is 15.0 Å². The third kappa shape index (κ3) is 17.2. The number of aromatic hydroxyl groups is 2. The molecule has 1 aromatic heterocycles. The highest BCUT2D eigenvalue weighted by molar-refractivity contribution is 6.72. The second-order valence-corrected chi connectivity index (χ2v) is 51.2. The maximum Gasteiger partial charge on any atom is 0.334 e. The Hall–Kier alpha value is -2.83. The molecule has 0 fully saturated rings. The largest absolute Gasteiger partial charge is 0.507 e. The van der Waals surface area contributed by atoms with Crippen LogP contribution in [0, 0.1) is 0 Å². The summed E-state index contributed by atoms with van der Waals surface area (Å²) in [4.78, 5) is 14.6. The van der Waals surface area contributed by atoms with Crippen LogP contribution in [0.5, 0.6) is 28.7 Å². The number of aromatic nitrogens is 3. The Balaban J connectivity index is 1.91. The van der Waals surface area contributed by atoms with E-state index in [2.05, 4.69) is 118 Å². The van der Waals surface area contributed by atoms with Gasteiger partial charge in [-0.25, -0.2) is 15.0 Å². The number of phenols is 2. The summed E-state index contributed by atoms with van der Waals surface area (Å²) < 4.78 is 60.3. The number of nitrogens with zero attached hydrogens (tertiary/aromatic N) is 3. The average Bonchev–Trinajstić information content (AvgIpc) is 3.15. The van der Waals surface area contributed by atoms with Crippen LogP contribution in [0.2, 0.25) is 130 Å². The topological polar surface area (TPSA) is 162 Å². The van der Waals surface area contributed by atoms with E-state index < -0.39 is 74.1 Å². The molecule has 0 saturated heterocycles. The lowest BCUT2D eigenvalue weighted by atomic mass is 10.1. The maximum atomic E-state index is 11.9. The van der Waals surface area contributed by atoms with Gasteiger partial charge in [0.05, 0.1) is 18.2 Å². The van der Waals surface area contributed by atoms with E-state index >= 15 is 0 Å². The molecule has 0 radical (unpaired) electrons. The third-order valence-corrected chi connectivity index (χ3v) is 16.3. The number of phenolic OH excluding ortho intramolecular Hbond substituents is 2. The summed E-state index contributed by atoms with van der Waals surface area (Å²) in [6.07, 6.45) is -0.983. The van der Waals surface area contributed by atoms with Crippen molar-refractivity contribution in [3.8, 4) is 62.9 Å². The summed E-state index contributed by atoms with van der Waals surface area (Å²) in [5.41, 5.74) is 1.28. The van der Waals surface area contributed by atoms with Crippen molar-refractivity contribution >= 4 is 70.4 Å². The molecule has 0 aliphatic rings. The van der Waals surface area contributed by atoms with E-state index in [1.54, 1.807) is 31.4 Å². The van der Waals surface area contributed by atoms with Crippen LogP contribution in [0.15, 0.2) is 60.7 Å². The Morgan fingerprint density at radius 1 is 0.456 bits per heavy atom. The van der Waals surface area contributed by atoms with Crippen LogP contribution in [-0.4, -0.2) is 127 Å². The van der Waals surface area contributed by atoms with Crippen LogP contribution in [0.3, 0.4) is 0 Å². The molecule has 0 bridgehead atoms. The summed E-state index contributed by atoms with van der Waals surface area (Å²) in [5, 5.41) is 23.8. The first-order valence-corrected chi connectivity index (χ1v) is 46.9. The van der Waals surface area contributed by atoms with Gasteiger partial charge in [-0.2, -0.15) is 0 Å². The molecule has 14 nitrogen and oxygen atoms in total. The molecule has 4 rings (SSSR count). The van der Waals surface area contributed by atoms with Crippen molar-refractivity contribution in [3.05, 3.63) is 60.7 Å². The van der Waals surface area contributed by atoms with E-state index in [1.165, 1.54) is 12.1 Å². The molecule has 2 atom stereocenters.